The molecule has 1 amide bonds. The molecule has 1 unspecified atom stereocenters. The van der Waals surface area contributed by atoms with Crippen LogP contribution in [0.5, 0.6) is 0 Å². The van der Waals surface area contributed by atoms with Crippen LogP contribution in [0, 0.1) is 11.3 Å². The zero-order valence-electron chi connectivity index (χ0n) is 19.1. The summed E-state index contributed by atoms with van der Waals surface area (Å²) in [5.41, 5.74) is 0.314. The van der Waals surface area contributed by atoms with Crippen LogP contribution in [0.15, 0.2) is 18.5 Å². The summed E-state index contributed by atoms with van der Waals surface area (Å²) in [5.74, 6) is -0.344. The van der Waals surface area contributed by atoms with Gasteiger partial charge in [0, 0.05) is 32.5 Å². The number of hydrogen-bond donors (Lipinski definition) is 2. The van der Waals surface area contributed by atoms with Crippen LogP contribution in [0.2, 0.25) is 0 Å². The van der Waals surface area contributed by atoms with Gasteiger partial charge in [0.1, 0.15) is 23.1 Å². The van der Waals surface area contributed by atoms with E-state index >= 15 is 0 Å². The fourth-order valence-corrected chi connectivity index (χ4v) is 2.84. The lowest BCUT2D eigenvalue weighted by Crippen LogP contribution is -2.45. The molecule has 2 aromatic rings. The Morgan fingerprint density at radius 1 is 1.31 bits per heavy atom. The van der Waals surface area contributed by atoms with Crippen molar-refractivity contribution in [3.05, 3.63) is 29.6 Å². The summed E-state index contributed by atoms with van der Waals surface area (Å²) in [7, 11) is 4.48. The zero-order valence-corrected chi connectivity index (χ0v) is 19.1. The van der Waals surface area contributed by atoms with Gasteiger partial charge in [-0.25, -0.2) is 14.6 Å². The van der Waals surface area contributed by atoms with Gasteiger partial charge in [0.15, 0.2) is 0 Å². The highest BCUT2D eigenvalue weighted by atomic mass is 16.6. The molecular formula is C21H28N6O5. The van der Waals surface area contributed by atoms with E-state index in [-0.39, 0.29) is 30.0 Å². The second kappa shape index (κ2) is 10.6. The minimum atomic E-state index is -0.677. The molecule has 2 aromatic heterocycles. The summed E-state index contributed by atoms with van der Waals surface area (Å²) in [5, 5.41) is 19.5. The first-order valence-electron chi connectivity index (χ1n) is 9.82. The molecule has 0 aliphatic carbocycles. The number of alkyl carbamates (subject to hydrolysis) is 1. The van der Waals surface area contributed by atoms with E-state index in [9.17, 15) is 14.9 Å². The zero-order chi connectivity index (χ0) is 23.9. The van der Waals surface area contributed by atoms with E-state index in [1.165, 1.54) is 26.5 Å². The van der Waals surface area contributed by atoms with Crippen molar-refractivity contribution >= 4 is 17.9 Å². The van der Waals surface area contributed by atoms with Gasteiger partial charge in [-0.2, -0.15) is 10.4 Å². The quantitative estimate of drug-likeness (QED) is 0.586. The van der Waals surface area contributed by atoms with Crippen LogP contribution in [0.1, 0.15) is 36.7 Å². The summed E-state index contributed by atoms with van der Waals surface area (Å²) in [6.07, 6.45) is 2.64. The molecule has 172 valence electrons. The second-order valence-corrected chi connectivity index (χ2v) is 7.96. The average Bonchev–Trinajstić information content (AvgIpc) is 3.15. The summed E-state index contributed by atoms with van der Waals surface area (Å²) in [4.78, 5) is 29.0. The highest BCUT2D eigenvalue weighted by molar-refractivity contribution is 5.99. The fourth-order valence-electron chi connectivity index (χ4n) is 2.84. The lowest BCUT2D eigenvalue weighted by Gasteiger charge is -2.23. The van der Waals surface area contributed by atoms with Crippen molar-refractivity contribution in [2.45, 2.75) is 32.4 Å². The average molecular weight is 444 g/mol. The number of anilines is 1. The van der Waals surface area contributed by atoms with Gasteiger partial charge >= 0.3 is 12.1 Å². The smallest absolute Gasteiger partial charge is 0.408 e. The fraction of sp³-hybridized carbons (Fsp3) is 0.476. The second-order valence-electron chi connectivity index (χ2n) is 7.96. The maximum absolute atomic E-state index is 12.4. The third-order valence-electron chi connectivity index (χ3n) is 4.13. The molecule has 0 spiro atoms. The van der Waals surface area contributed by atoms with E-state index in [1.54, 1.807) is 38.7 Å². The largest absolute Gasteiger partial charge is 0.465 e. The van der Waals surface area contributed by atoms with Gasteiger partial charge in [0.2, 0.25) is 0 Å². The van der Waals surface area contributed by atoms with E-state index < -0.39 is 23.7 Å². The van der Waals surface area contributed by atoms with Crippen molar-refractivity contribution < 1.29 is 23.8 Å². The van der Waals surface area contributed by atoms with Crippen molar-refractivity contribution in [3.63, 3.8) is 0 Å². The highest BCUT2D eigenvalue weighted by Crippen LogP contribution is 2.27. The summed E-state index contributed by atoms with van der Waals surface area (Å²) in [6, 6.07) is 3.02. The SMILES string of the molecule is COCC(CNc1cc(C#N)c(C(=O)OC)c(-c2cnn(C)c2)n1)NC(=O)OC(C)(C)C. The van der Waals surface area contributed by atoms with E-state index in [1.807, 2.05) is 6.07 Å². The summed E-state index contributed by atoms with van der Waals surface area (Å²) >= 11 is 0. The number of rotatable bonds is 8. The molecule has 2 rings (SSSR count). The number of nitrogens with one attached hydrogen (secondary N) is 2. The van der Waals surface area contributed by atoms with Crippen LogP contribution in [0.25, 0.3) is 11.3 Å². The van der Waals surface area contributed by atoms with Crippen LogP contribution in [-0.2, 0) is 21.3 Å². The maximum Gasteiger partial charge on any atom is 0.408 e. The van der Waals surface area contributed by atoms with Gasteiger partial charge in [-0.3, -0.25) is 4.68 Å². The van der Waals surface area contributed by atoms with Gasteiger partial charge in [-0.05, 0) is 26.8 Å². The Hall–Kier alpha value is -3.65. The first-order valence-corrected chi connectivity index (χ1v) is 9.82. The number of esters is 1. The van der Waals surface area contributed by atoms with Crippen molar-refractivity contribution in [1.29, 1.82) is 5.26 Å². The molecule has 11 heteroatoms. The van der Waals surface area contributed by atoms with E-state index in [0.717, 1.165) is 0 Å². The Balaban J connectivity index is 2.31. The molecule has 0 bridgehead atoms. The number of aromatic nitrogens is 3. The number of nitriles is 1. The molecular weight excluding hydrogens is 416 g/mol. The molecule has 1 atom stereocenters. The summed E-state index contributed by atoms with van der Waals surface area (Å²) in [6.45, 7) is 5.76. The number of carbonyl (C=O) groups is 2. The molecule has 0 aromatic carbocycles. The molecule has 0 saturated carbocycles. The Morgan fingerprint density at radius 2 is 2.03 bits per heavy atom. The first kappa shape index (κ1) is 24.6. The van der Waals surface area contributed by atoms with Crippen LogP contribution in [0.3, 0.4) is 0 Å². The number of aryl methyl sites for hydroxylation is 1. The van der Waals surface area contributed by atoms with Gasteiger partial charge in [0.25, 0.3) is 0 Å². The number of hydrogen-bond acceptors (Lipinski definition) is 9. The number of pyridine rings is 1. The molecule has 0 saturated heterocycles. The van der Waals surface area contributed by atoms with Gasteiger partial charge < -0.3 is 24.8 Å². The van der Waals surface area contributed by atoms with Crippen molar-refractivity contribution in [3.8, 4) is 17.3 Å². The van der Waals surface area contributed by atoms with Crippen molar-refractivity contribution in [1.82, 2.24) is 20.1 Å². The standard InChI is InChI=1S/C21H28N6O5/c1-21(2,3)32-20(29)25-15(12-30-5)10-23-16-7-13(8-22)17(19(28)31-6)18(26-16)14-9-24-27(4)11-14/h7,9,11,15H,10,12H2,1-6H3,(H,23,26)(H,25,29). The van der Waals surface area contributed by atoms with Gasteiger partial charge in [0.05, 0.1) is 37.2 Å². The molecule has 2 heterocycles. The first-order chi connectivity index (χ1) is 15.1. The third-order valence-corrected chi connectivity index (χ3v) is 4.13. The van der Waals surface area contributed by atoms with Crippen LogP contribution < -0.4 is 10.6 Å². The van der Waals surface area contributed by atoms with Crippen molar-refractivity contribution in [2.75, 3.05) is 32.7 Å². The maximum atomic E-state index is 12.4. The number of ether oxygens (including phenoxy) is 3. The number of methoxy groups -OCH3 is 2. The molecule has 32 heavy (non-hydrogen) atoms. The topological polar surface area (TPSA) is 140 Å². The Bertz CT molecular complexity index is 1010. The Labute approximate surface area is 186 Å². The van der Waals surface area contributed by atoms with Crippen LogP contribution in [0.4, 0.5) is 10.6 Å². The Morgan fingerprint density at radius 3 is 2.56 bits per heavy atom. The molecule has 2 N–H and O–H groups in total. The number of carbonyl (C=O) groups excluding carboxylic acids is 2. The summed E-state index contributed by atoms with van der Waals surface area (Å²) < 4.78 is 16.9. The molecule has 11 nitrogen and oxygen atoms in total. The number of amides is 1. The molecule has 0 radical (unpaired) electrons. The number of nitrogens with zero attached hydrogens (tertiary/aromatic N) is 4. The molecule has 0 fully saturated rings. The predicted molar refractivity (Wildman–Crippen MR) is 116 cm³/mol. The normalized spacial score (nSPS) is 11.9. The Kier molecular flexibility index (Phi) is 8.15. The molecule has 0 aliphatic heterocycles. The minimum absolute atomic E-state index is 0.0499. The lowest BCUT2D eigenvalue weighted by molar-refractivity contribution is 0.0473. The third kappa shape index (κ3) is 6.68. The van der Waals surface area contributed by atoms with E-state index in [0.29, 0.717) is 11.4 Å². The van der Waals surface area contributed by atoms with Crippen LogP contribution >= 0.6 is 0 Å². The predicted octanol–water partition coefficient (Wildman–Crippen LogP) is 2.09. The monoisotopic (exact) mass is 444 g/mol. The highest BCUT2D eigenvalue weighted by Gasteiger charge is 2.23. The molecule has 0 aliphatic rings. The van der Waals surface area contributed by atoms with Crippen molar-refractivity contribution in [2.24, 2.45) is 7.05 Å². The van der Waals surface area contributed by atoms with E-state index in [2.05, 4.69) is 20.7 Å². The lowest BCUT2D eigenvalue weighted by atomic mass is 10.0. The minimum Gasteiger partial charge on any atom is -0.465 e. The van der Waals surface area contributed by atoms with Gasteiger partial charge in [-0.1, -0.05) is 0 Å². The van der Waals surface area contributed by atoms with Crippen LogP contribution in [-0.4, -0.2) is 65.8 Å². The van der Waals surface area contributed by atoms with E-state index in [4.69, 9.17) is 14.2 Å². The van der Waals surface area contributed by atoms with Gasteiger partial charge in [-0.15, -0.1) is 0 Å².